The summed E-state index contributed by atoms with van der Waals surface area (Å²) in [6.07, 6.45) is -68.4. The van der Waals surface area contributed by atoms with Crippen molar-refractivity contribution >= 4 is 0 Å². The minimum atomic E-state index is -2.10. The van der Waals surface area contributed by atoms with Gasteiger partial charge in [-0.1, -0.05) is 87.1 Å². The number of hydrogen-bond donors (Lipinski definition) is 31. The number of aryl methyl sites for hydroxylation is 2. The molecule has 0 spiro atoms. The van der Waals surface area contributed by atoms with Crippen LogP contribution < -0.4 is 18.9 Å². The first-order valence-corrected chi connectivity index (χ1v) is 49.3. The van der Waals surface area contributed by atoms with Crippen LogP contribution >= 0.6 is 0 Å². The molecule has 9 fully saturated rings. The molecule has 0 saturated carbocycles. The van der Waals surface area contributed by atoms with E-state index in [1.165, 1.54) is 0 Å². The number of unbranched alkanes of at least 4 members (excludes halogenated alkanes) is 4. The van der Waals surface area contributed by atoms with Crippen molar-refractivity contribution in [1.29, 1.82) is 0 Å². The van der Waals surface area contributed by atoms with Gasteiger partial charge in [-0.15, -0.1) is 0 Å². The Labute approximate surface area is 835 Å². The van der Waals surface area contributed by atoms with Crippen molar-refractivity contribution in [3.63, 3.8) is 0 Å². The Kier molecular flexibility index (Phi) is 43.4. The first kappa shape index (κ1) is 118. The molecule has 49 nitrogen and oxygen atoms in total. The lowest BCUT2D eigenvalue weighted by Gasteiger charge is -2.48. The molecule has 2 aliphatic carbocycles. The van der Waals surface area contributed by atoms with Crippen LogP contribution in [0.15, 0.2) is 71.9 Å². The summed E-state index contributed by atoms with van der Waals surface area (Å²) in [4.78, 5) is 0. The fourth-order valence-electron chi connectivity index (χ4n) is 20.2. The zero-order valence-electron chi connectivity index (χ0n) is 81.2. The van der Waals surface area contributed by atoms with Crippen molar-refractivity contribution in [2.45, 2.75) is 407 Å². The number of allylic oxidation sites excluding steroid dienone is 6. The van der Waals surface area contributed by atoms with Crippen LogP contribution in [0.2, 0.25) is 0 Å². The van der Waals surface area contributed by atoms with Crippen molar-refractivity contribution in [1.82, 2.24) is 0 Å². The first-order chi connectivity index (χ1) is 69.0. The quantitative estimate of drug-likeness (QED) is 0.0218. The van der Waals surface area contributed by atoms with E-state index in [9.17, 15) is 158 Å². The Hall–Kier alpha value is -5.20. The van der Waals surface area contributed by atoms with Gasteiger partial charge in [-0.2, -0.15) is 0 Å². The molecular formula is C96H150O49. The second kappa shape index (κ2) is 53.1. The summed E-state index contributed by atoms with van der Waals surface area (Å²) in [5.74, 6) is -1.50. The topological polar surface area (TPSA) is 793 Å². The van der Waals surface area contributed by atoms with E-state index in [1.807, 2.05) is 53.7 Å². The second-order valence-electron chi connectivity index (χ2n) is 39.3. The van der Waals surface area contributed by atoms with Gasteiger partial charge in [-0.25, -0.2) is 0 Å². The van der Waals surface area contributed by atoms with Gasteiger partial charge in [0.1, 0.15) is 243 Å². The number of rotatable bonds is 39. The Morgan fingerprint density at radius 3 is 0.676 bits per heavy atom. The second-order valence-corrected chi connectivity index (χ2v) is 39.3. The molecule has 828 valence electrons. The normalized spacial score (nSPS) is 43.7. The Morgan fingerprint density at radius 2 is 0.462 bits per heavy atom. The van der Waals surface area contributed by atoms with E-state index in [-0.39, 0.29) is 40.4 Å². The SMILES string of the molecule is C=C(C)[C@@H]1CCC(C)=C[C@H]1c1c(O[C@H]2O[C@@H](CO)[C@H](O)[C@@H](O)[C@@H]2O)cc(CCCCC)cc1O[C@@H]1O[C@H](CO)[C@@H](O)[C@H](O[C@@H]2O[C@H](CO)[C@@H](O)[C@H](O[C@@H]3O[C@H](CO)[C@@H](O)[C@H](O)[C@H]3O)[C@H]2O)[C@H]1O.C=C(C)[C@@H]1CCC(C)=C[C@H]1c1c(O[C@H]2O[C@@H](CO)[C@H](O)[C@@H](O[C@H]3O[C@@H](CO)[C@H](O)[C@@H](O)[C@@H]3O)[C@@H]2O)cc(CCCCC)cc1O[C@@H]1O[C@H](CO)[C@@H](O)[C@H](O[C@@H]2O[C@H](CO)[C@@H](O)[C@H](O[C@@H]3O[C@H](CO)[C@@H](O)[C@H](O)[C@H]3O)[C@H]2O)[C@H]1O. The van der Waals surface area contributed by atoms with E-state index < -0.39 is 348 Å². The highest BCUT2D eigenvalue weighted by Gasteiger charge is 2.60. The van der Waals surface area contributed by atoms with Gasteiger partial charge in [0, 0.05) is 23.0 Å². The summed E-state index contributed by atoms with van der Waals surface area (Å²) in [6, 6.07) is 6.79. The van der Waals surface area contributed by atoms with Crippen molar-refractivity contribution < 1.29 is 244 Å². The third-order valence-electron chi connectivity index (χ3n) is 28.8. The van der Waals surface area contributed by atoms with Gasteiger partial charge in [-0.3, -0.25) is 0 Å². The van der Waals surface area contributed by atoms with Crippen molar-refractivity contribution in [3.05, 3.63) is 94.1 Å². The molecule has 2 aromatic rings. The van der Waals surface area contributed by atoms with Gasteiger partial charge in [-0.05, 0) is 126 Å². The Balaban J connectivity index is 0.000000261. The minimum Gasteiger partial charge on any atom is -0.462 e. The van der Waals surface area contributed by atoms with Crippen LogP contribution in [0.4, 0.5) is 0 Å². The third kappa shape index (κ3) is 26.5. The fourth-order valence-corrected chi connectivity index (χ4v) is 20.2. The molecule has 49 heteroatoms. The zero-order valence-corrected chi connectivity index (χ0v) is 81.2. The molecule has 0 bridgehead atoms. The van der Waals surface area contributed by atoms with Gasteiger partial charge in [0.2, 0.25) is 25.2 Å². The summed E-state index contributed by atoms with van der Waals surface area (Å²) >= 11 is 0. The highest BCUT2D eigenvalue weighted by Crippen LogP contribution is 2.53. The molecule has 0 radical (unpaired) electrons. The fraction of sp³-hybridized carbons (Fsp3) is 0.792. The van der Waals surface area contributed by atoms with Crippen LogP contribution in [0.5, 0.6) is 23.0 Å². The number of hydrogen-bond acceptors (Lipinski definition) is 49. The zero-order chi connectivity index (χ0) is 106. The largest absolute Gasteiger partial charge is 0.462 e. The molecular weight excluding hydrogens is 1940 g/mol. The maximum Gasteiger partial charge on any atom is 0.229 e. The average Bonchev–Trinajstić information content (AvgIpc) is 0.761. The lowest BCUT2D eigenvalue weighted by atomic mass is 9.73. The maximum atomic E-state index is 12.2. The Morgan fingerprint density at radius 1 is 0.269 bits per heavy atom. The predicted molar refractivity (Wildman–Crippen MR) is 488 cm³/mol. The molecule has 0 unspecified atom stereocenters. The molecule has 0 aromatic heterocycles. The van der Waals surface area contributed by atoms with E-state index in [1.54, 1.807) is 24.3 Å². The van der Waals surface area contributed by atoms with E-state index >= 15 is 0 Å². The molecule has 9 heterocycles. The lowest BCUT2D eigenvalue weighted by Crippen LogP contribution is -2.67. The van der Waals surface area contributed by atoms with E-state index in [0.29, 0.717) is 55.2 Å². The van der Waals surface area contributed by atoms with Crippen molar-refractivity contribution in [2.75, 3.05) is 59.5 Å². The smallest absolute Gasteiger partial charge is 0.229 e. The van der Waals surface area contributed by atoms with Crippen LogP contribution in [0.25, 0.3) is 0 Å². The van der Waals surface area contributed by atoms with Crippen LogP contribution in [0.1, 0.15) is 140 Å². The van der Waals surface area contributed by atoms with Crippen molar-refractivity contribution in [2.24, 2.45) is 11.8 Å². The molecule has 0 amide bonds. The Bertz CT molecular complexity index is 4420. The summed E-state index contributed by atoms with van der Waals surface area (Å²) in [5, 5.41) is 334. The molecule has 145 heavy (non-hydrogen) atoms. The lowest BCUT2D eigenvalue weighted by molar-refractivity contribution is -0.378. The van der Waals surface area contributed by atoms with Gasteiger partial charge >= 0.3 is 0 Å². The molecule has 13 rings (SSSR count). The standard InChI is InChI=1S/C51H80O27.C45H70O22/c1-5-6-7-8-21-12-24(69-49-41(66)44(34(59)28(16-54)73-49)76-47-39(64)37(62)32(57)26(14-52)71-47)31(23-11-20(4)9-10-22(23)19(2)3)25(13-21)70-50-42(67)45(35(60)29(17-55)74-50)78-51-43(68)46(36(61)30(18-56)75-51)77-48-40(65)38(63)33(58)27(15-53)72-48;1-5-6-7-8-20-12-23(60-42-36(56)34(54)30(50)25(14-46)62-42)29(22-11-19(4)9-10-21(22)18(2)3)24(13-20)61-44-38(58)40(32(52)27(16-48)64-44)67-45-39(59)41(33(53)28(17-49)65-45)66-43-37(57)35(55)31(51)26(15-47)63-43/h11-13,22-23,26-30,32-68H,2,5-10,14-18H2,1,3-4H3;11-13,21-22,25-28,30-59H,2,5-10,14-17H2,1,3-4H3/t22-,23+,26-,27+,28-,29+,30+,32-,33+,34-,35+,36+,37+,38-,39-,40+,41-,42+,43+,44+,45-,46-,47+,48-,49-,50+,51-;21-,22+,25-,26+,27+,28+,30-,31+,32+,33+,34+,35-,36-,37+,38+,39+,40-,41-,42-,43-,44+,45-/m00/s1. The molecule has 11 aliphatic rings. The van der Waals surface area contributed by atoms with Gasteiger partial charge in [0.05, 0.1) is 59.5 Å². The highest BCUT2D eigenvalue weighted by atomic mass is 16.8. The first-order valence-electron chi connectivity index (χ1n) is 49.3. The molecule has 2 aromatic carbocycles. The van der Waals surface area contributed by atoms with E-state index in [0.717, 1.165) is 60.8 Å². The average molecular weight is 2090 g/mol. The summed E-state index contributed by atoms with van der Waals surface area (Å²) in [6.45, 7) is 12.5. The number of benzene rings is 2. The summed E-state index contributed by atoms with van der Waals surface area (Å²) in [7, 11) is 0. The van der Waals surface area contributed by atoms with Crippen LogP contribution in [0, 0.1) is 11.8 Å². The van der Waals surface area contributed by atoms with E-state index in [4.69, 9.17) is 85.3 Å². The number of aliphatic hydroxyl groups is 31. The van der Waals surface area contributed by atoms with Crippen LogP contribution in [0.3, 0.4) is 0 Å². The third-order valence-corrected chi connectivity index (χ3v) is 28.8. The predicted octanol–water partition coefficient (Wildman–Crippen LogP) is -9.29. The van der Waals surface area contributed by atoms with Crippen molar-refractivity contribution in [3.8, 4) is 23.0 Å². The minimum absolute atomic E-state index is 0.000602. The molecule has 9 saturated heterocycles. The molecule has 9 aliphatic heterocycles. The van der Waals surface area contributed by atoms with E-state index in [2.05, 4.69) is 13.2 Å². The summed E-state index contributed by atoms with van der Waals surface area (Å²) < 4.78 is 107. The van der Waals surface area contributed by atoms with Gasteiger partial charge in [0.15, 0.2) is 31.5 Å². The van der Waals surface area contributed by atoms with Crippen LogP contribution in [-0.4, -0.2) is 494 Å². The molecule has 49 atom stereocenters. The maximum absolute atomic E-state index is 12.2. The van der Waals surface area contributed by atoms with Gasteiger partial charge < -0.3 is 244 Å². The number of ether oxygens (including phenoxy) is 18. The monoisotopic (exact) mass is 2090 g/mol. The van der Waals surface area contributed by atoms with Gasteiger partial charge in [0.25, 0.3) is 0 Å². The summed E-state index contributed by atoms with van der Waals surface area (Å²) in [5.41, 5.74) is 5.38. The highest BCUT2D eigenvalue weighted by molar-refractivity contribution is 5.55. The van der Waals surface area contributed by atoms with Crippen LogP contribution in [-0.2, 0) is 79.2 Å². The number of aliphatic hydroxyl groups excluding tert-OH is 31. The molecule has 31 N–H and O–H groups in total.